The number of benzene rings is 10. The highest BCUT2D eigenvalue weighted by Crippen LogP contribution is 2.29. The predicted octanol–water partition coefficient (Wildman–Crippen LogP) is 20.5. The van der Waals surface area contributed by atoms with E-state index < -0.39 is 387 Å². The first kappa shape index (κ1) is 61.6. The Bertz CT molecular complexity index is 8310. The molecule has 0 aliphatic carbocycles. The van der Waals surface area contributed by atoms with E-state index in [0.717, 1.165) is 40.7 Å². The summed E-state index contributed by atoms with van der Waals surface area (Å²) in [7, 11) is 0. The molecular formula is C125H185N5O20. The van der Waals surface area contributed by atoms with Crippen LogP contribution in [-0.2, 0) is 88.6 Å². The maximum atomic E-state index is 10.8. The van der Waals surface area contributed by atoms with Gasteiger partial charge in [0.05, 0.1) is 114 Å². The van der Waals surface area contributed by atoms with Gasteiger partial charge < -0.3 is 127 Å². The molecule has 25 heteroatoms. The van der Waals surface area contributed by atoms with Crippen molar-refractivity contribution in [3.8, 4) is 28.7 Å². The third kappa shape index (κ3) is 61.9. The summed E-state index contributed by atoms with van der Waals surface area (Å²) >= 11 is 0. The molecule has 0 saturated carbocycles. The first-order valence-corrected chi connectivity index (χ1v) is 48.8. The summed E-state index contributed by atoms with van der Waals surface area (Å²) < 4.78 is 545. The molecule has 0 saturated heterocycles. The van der Waals surface area contributed by atoms with Gasteiger partial charge in [0.25, 0.3) is 0 Å². The Labute approximate surface area is 987 Å². The monoisotopic (exact) mass is 2140 g/mol. The molecule has 0 aromatic heterocycles. The van der Waals surface area contributed by atoms with Crippen molar-refractivity contribution in [1.82, 2.24) is 26.6 Å². The van der Waals surface area contributed by atoms with Crippen molar-refractivity contribution in [3.63, 3.8) is 0 Å². The quantitative estimate of drug-likeness (QED) is 0.0157. The molecular weight excluding hydrogens is 1890 g/mol. The molecule has 0 bridgehead atoms. The molecule has 10 rings (SSSR count). The van der Waals surface area contributed by atoms with Gasteiger partial charge in [0.15, 0.2) is 0 Å². The van der Waals surface area contributed by atoms with Crippen molar-refractivity contribution < 1.29 is 189 Å². The number of unbranched alkanes of at least 4 members (excludes halogenated alkanes) is 9. The van der Waals surface area contributed by atoms with Gasteiger partial charge >= 0.3 is 0 Å². The Morgan fingerprint density at radius 2 is 0.460 bits per heavy atom. The van der Waals surface area contributed by atoms with E-state index in [0.29, 0.717) is 116 Å². The van der Waals surface area contributed by atoms with E-state index in [1.54, 1.807) is 5.32 Å². The highest BCUT2D eigenvalue weighted by Gasteiger charge is 2.17. The summed E-state index contributed by atoms with van der Waals surface area (Å²) in [4.78, 5) is 0. The summed E-state index contributed by atoms with van der Waals surface area (Å²) in [6, 6.07) is 31.5. The van der Waals surface area contributed by atoms with E-state index >= 15 is 0 Å². The van der Waals surface area contributed by atoms with Crippen molar-refractivity contribution in [3.05, 3.63) is 326 Å². The maximum absolute atomic E-state index is 10.8. The minimum Gasteiger partial charge on any atom is -0.508 e. The Kier molecular flexibility index (Phi) is 35.7. The number of rotatable bonds is 80. The maximum Gasteiger partial charge on any atom is 0.121 e. The molecule has 20 N–H and O–H groups in total. The number of hydrogen-bond acceptors (Lipinski definition) is 25. The van der Waals surface area contributed by atoms with Crippen molar-refractivity contribution in [2.45, 2.75) is 288 Å². The van der Waals surface area contributed by atoms with Gasteiger partial charge in [-0.2, -0.15) is 0 Å². The third-order valence-electron chi connectivity index (χ3n) is 20.4. The smallest absolute Gasteiger partial charge is 0.121 e. The Hall–Kier alpha value is -9.60. The fraction of sp³-hybridized carbons (Fsp3) is 0.520. The number of aryl methyl sites for hydroxylation is 5. The van der Waals surface area contributed by atoms with Crippen LogP contribution in [0, 0.1) is 0 Å². The number of phenols is 5. The van der Waals surface area contributed by atoms with E-state index in [2.05, 4.69) is 10.6 Å². The van der Waals surface area contributed by atoms with Crippen LogP contribution in [0.3, 0.4) is 0 Å². The molecule has 830 valence electrons. The number of aromatic hydroxyl groups is 5. The molecule has 0 radical (unpaired) electrons. The number of nitrogens with one attached hydrogen (secondary N) is 5. The zero-order chi connectivity index (χ0) is 165. The van der Waals surface area contributed by atoms with Crippen LogP contribution in [0.5, 0.6) is 28.7 Å². The molecule has 150 heavy (non-hydrogen) atoms. The lowest BCUT2D eigenvalue weighted by Gasteiger charge is -2.14. The molecule has 0 aliphatic rings. The Balaban J connectivity index is 0.000000403. The second-order valence-electron chi connectivity index (χ2n) is 32.1. The van der Waals surface area contributed by atoms with Gasteiger partial charge in [0, 0.05) is 164 Å². The molecule has 10 aromatic carbocycles. The van der Waals surface area contributed by atoms with E-state index in [9.17, 15) is 76.6 Å². The normalized spacial score (nSPS) is 20.9. The molecule has 10 aromatic rings. The summed E-state index contributed by atoms with van der Waals surface area (Å²) in [6.07, 6.45) is -25.7. The van der Waals surface area contributed by atoms with Gasteiger partial charge in [-0.1, -0.05) is 246 Å². The fourth-order valence-electron chi connectivity index (χ4n) is 12.5. The second kappa shape index (κ2) is 86.8. The van der Waals surface area contributed by atoms with Gasteiger partial charge in [0.2, 0.25) is 0 Å². The van der Waals surface area contributed by atoms with Crippen LogP contribution >= 0.6 is 0 Å². The summed E-state index contributed by atoms with van der Waals surface area (Å²) in [5, 5.41) is 162. The number of aliphatic hydroxyl groups is 10. The average molecular weight is 2140 g/mol. The summed E-state index contributed by atoms with van der Waals surface area (Å²) in [5.41, 5.74) is -5.24. The number of hydrogen-bond donors (Lipinski definition) is 20. The highest BCUT2D eigenvalue weighted by atomic mass is 16.5. The van der Waals surface area contributed by atoms with Crippen LogP contribution in [0.2, 0.25) is 0 Å². The first-order chi connectivity index (χ1) is 97.8. The lowest BCUT2D eigenvalue weighted by atomic mass is 10.1. The van der Waals surface area contributed by atoms with Crippen LogP contribution in [0.1, 0.15) is 395 Å². The molecule has 0 aliphatic heterocycles. The van der Waals surface area contributed by atoms with Crippen molar-refractivity contribution in [2.75, 3.05) is 131 Å². The standard InChI is InChI=1S/5C25H37NO4/c5*27-20-23-18-22(13-14-24(23)28)25(29)19-26-15-7-1-2-8-16-30-17-9-6-12-21-10-4-3-5-11-21/h5*3-5,10-11,13-14,18,25-29H,1-2,6-9,12,15-17,19-20H2/i1D2,2D2,7D2,8D2,13D,14D,15D2,16D2,18D,19D2,20D2;7D2,8D2,13D,14D,15D2,16D2,18D,19D2,20D2;13D,14D,16D2,17D2,18D,19D2,20D2;13D,14D,15D2,17D2,18D,19D2,20D2;13D,14D,17D2,18D,19D2,20D2. The van der Waals surface area contributed by atoms with Crippen LogP contribution in [-0.4, -0.2) is 207 Å². The SMILES string of the molecule is [2H]c1c([2H])c(C(O)C([2H])([2H])NC([2H])([2H])C([2H])([2H])C([2H])([2H])C([2H])([2H])C([2H])([2H])C([2H])([2H])OCCCCc2ccccc2)c([2H])c(C([2H])([2H])O)c1O.[2H]c1c([2H])c(C(O)C([2H])([2H])NC([2H])([2H])C([2H])([2H])CCC([2H])([2H])C([2H])([2H])OCCCCc2ccccc2)c([2H])c(C([2H])([2H])O)c1O.[2H]c1c([2H])c(C(O)C([2H])([2H])NC([2H])([2H])CCCCCOC([2H])([2H])CCCc2ccccc2)c([2H])c(C([2H])([2H])O)c1O.[2H]c1c([2H])c(C(O)C([2H])([2H])NCCCCCC([2H])([2H])OC([2H])([2H])CCCc2ccccc2)c([2H])c(C([2H])([2H])O)c1O.[2H]c1c([2H])c(C(O)C([2H])([2H])NCCCCCCOC([2H])([2H])CCCc2ccccc2)c([2H])c(C([2H])([2H])O)c1O. The zero-order valence-electron chi connectivity index (χ0n) is 148. The van der Waals surface area contributed by atoms with Crippen molar-refractivity contribution in [2.24, 2.45) is 0 Å². The van der Waals surface area contributed by atoms with Crippen LogP contribution in [0.25, 0.3) is 0 Å². The van der Waals surface area contributed by atoms with Gasteiger partial charge in [-0.25, -0.2) is 0 Å². The molecule has 0 amide bonds. The lowest BCUT2D eigenvalue weighted by Crippen LogP contribution is -2.22. The second-order valence-corrected chi connectivity index (χ2v) is 32.1. The highest BCUT2D eigenvalue weighted by molar-refractivity contribution is 5.41. The van der Waals surface area contributed by atoms with E-state index in [-0.39, 0.29) is 77.9 Å². The minimum absolute atomic E-state index is 0.0194. The van der Waals surface area contributed by atoms with Crippen molar-refractivity contribution >= 4 is 0 Å². The lowest BCUT2D eigenvalue weighted by molar-refractivity contribution is 0.126. The fourth-order valence-corrected chi connectivity index (χ4v) is 12.5. The van der Waals surface area contributed by atoms with E-state index in [4.69, 9.17) is 113 Å². The van der Waals surface area contributed by atoms with Crippen molar-refractivity contribution in [1.29, 1.82) is 0 Å². The zero-order valence-corrected chi connectivity index (χ0v) is 83.3. The Morgan fingerprint density at radius 1 is 0.220 bits per heavy atom. The number of aliphatic hydroxyl groups excluding tert-OH is 5. The van der Waals surface area contributed by atoms with Gasteiger partial charge in [-0.15, -0.1) is 0 Å². The summed E-state index contributed by atoms with van der Waals surface area (Å²) in [6.45, 7) is -56.7. The minimum atomic E-state index is -4.36. The third-order valence-corrected chi connectivity index (χ3v) is 20.4. The predicted molar refractivity (Wildman–Crippen MR) is 603 cm³/mol. The van der Waals surface area contributed by atoms with Gasteiger partial charge in [-0.3, -0.25) is 0 Å². The summed E-state index contributed by atoms with van der Waals surface area (Å²) in [5.74, 6) is -6.18. The molecule has 0 heterocycles. The van der Waals surface area contributed by atoms with E-state index in [1.807, 2.05) is 157 Å². The Morgan fingerprint density at radius 3 is 0.787 bits per heavy atom. The van der Waals surface area contributed by atoms with Crippen LogP contribution < -0.4 is 26.6 Å². The van der Waals surface area contributed by atoms with E-state index in [1.165, 1.54) is 5.32 Å². The average Bonchev–Trinajstić information content (AvgIpc) is 0.699. The van der Waals surface area contributed by atoms with Gasteiger partial charge in [0.1, 0.15) is 28.7 Å². The molecule has 5 unspecified atom stereocenters. The number of ether oxygens (including phenoxy) is 5. The topological polar surface area (TPSA) is 410 Å². The largest absolute Gasteiger partial charge is 0.508 e. The molecule has 5 atom stereocenters. The van der Waals surface area contributed by atoms with Crippen LogP contribution in [0.15, 0.2) is 242 Å². The van der Waals surface area contributed by atoms with Crippen LogP contribution in [0.4, 0.5) is 0 Å². The van der Waals surface area contributed by atoms with Gasteiger partial charge in [-0.05, 0) is 309 Å². The first-order valence-electron chi connectivity index (χ1n) is 81.3. The molecule has 0 fully saturated rings. The molecule has 0 spiro atoms. The molecule has 25 nitrogen and oxygen atoms in total.